The highest BCUT2D eigenvalue weighted by Crippen LogP contribution is 2.24. The van der Waals surface area contributed by atoms with Crippen LogP contribution in [0.5, 0.6) is 0 Å². The summed E-state index contributed by atoms with van der Waals surface area (Å²) >= 11 is 0. The maximum absolute atomic E-state index is 13.6. The van der Waals surface area contributed by atoms with Crippen LogP contribution in [0.4, 0.5) is 25.4 Å². The molecule has 0 fully saturated rings. The number of nitrogens with one attached hydrogen (secondary N) is 3. The number of benzene rings is 2. The Morgan fingerprint density at radius 2 is 1.66 bits per heavy atom. The van der Waals surface area contributed by atoms with Crippen molar-refractivity contribution in [3.05, 3.63) is 59.9 Å². The first-order valence-electron chi connectivity index (χ1n) is 10.2. The van der Waals surface area contributed by atoms with Crippen LogP contribution in [-0.2, 0) is 20.9 Å². The summed E-state index contributed by atoms with van der Waals surface area (Å²) in [4.78, 5) is 35.9. The fourth-order valence-corrected chi connectivity index (χ4v) is 2.57. The molecule has 9 heteroatoms. The number of hydrogen-bond acceptors (Lipinski definition) is 5. The normalized spacial score (nSPS) is 10.8. The first-order valence-corrected chi connectivity index (χ1v) is 10.2. The van der Waals surface area contributed by atoms with E-state index in [0.29, 0.717) is 6.42 Å². The molecule has 0 aliphatic rings. The van der Waals surface area contributed by atoms with E-state index in [1.165, 1.54) is 6.07 Å². The van der Waals surface area contributed by atoms with Crippen LogP contribution in [0.2, 0.25) is 0 Å². The zero-order valence-corrected chi connectivity index (χ0v) is 18.4. The molecule has 3 N–H and O–H groups in total. The largest absolute Gasteiger partial charge is 0.445 e. The van der Waals surface area contributed by atoms with Crippen LogP contribution >= 0.6 is 0 Å². The van der Waals surface area contributed by atoms with Crippen LogP contribution in [0.3, 0.4) is 0 Å². The Bertz CT molecular complexity index is 929. The monoisotopic (exact) mass is 445 g/mol. The molecular weight excluding hydrogens is 417 g/mol. The van der Waals surface area contributed by atoms with Gasteiger partial charge in [-0.05, 0) is 51.0 Å². The molecule has 2 aromatic carbocycles. The van der Waals surface area contributed by atoms with Crippen molar-refractivity contribution in [2.24, 2.45) is 0 Å². The lowest BCUT2D eigenvalue weighted by Crippen LogP contribution is -2.28. The van der Waals surface area contributed by atoms with Crippen molar-refractivity contribution < 1.29 is 28.2 Å². The fraction of sp³-hybridized carbons (Fsp3) is 0.348. The number of carbonyl (C=O) groups excluding carboxylic acids is 3. The molecule has 0 aliphatic carbocycles. The van der Waals surface area contributed by atoms with Crippen LogP contribution in [0.25, 0.3) is 0 Å². The van der Waals surface area contributed by atoms with Crippen LogP contribution in [0, 0.1) is 5.82 Å². The molecule has 0 saturated carbocycles. The van der Waals surface area contributed by atoms with E-state index in [9.17, 15) is 18.8 Å². The third kappa shape index (κ3) is 9.46. The lowest BCUT2D eigenvalue weighted by atomic mass is 10.2. The van der Waals surface area contributed by atoms with E-state index < -0.39 is 29.5 Å². The third-order valence-corrected chi connectivity index (χ3v) is 3.95. The summed E-state index contributed by atoms with van der Waals surface area (Å²) in [6.45, 7) is 5.52. The van der Waals surface area contributed by atoms with Gasteiger partial charge < -0.3 is 20.1 Å². The van der Waals surface area contributed by atoms with Crippen LogP contribution < -0.4 is 16.0 Å². The van der Waals surface area contributed by atoms with E-state index in [4.69, 9.17) is 9.47 Å². The van der Waals surface area contributed by atoms with E-state index in [1.807, 2.05) is 30.3 Å². The molecule has 0 bridgehead atoms. The average molecular weight is 445 g/mol. The predicted molar refractivity (Wildman–Crippen MR) is 119 cm³/mol. The zero-order valence-electron chi connectivity index (χ0n) is 18.4. The van der Waals surface area contributed by atoms with Gasteiger partial charge in [0.25, 0.3) is 0 Å². The van der Waals surface area contributed by atoms with Gasteiger partial charge in [-0.25, -0.2) is 14.0 Å². The lowest BCUT2D eigenvalue weighted by molar-refractivity contribution is -0.116. The smallest absolute Gasteiger partial charge is 0.412 e. The van der Waals surface area contributed by atoms with Crippen LogP contribution in [0.1, 0.15) is 39.2 Å². The van der Waals surface area contributed by atoms with E-state index >= 15 is 0 Å². The number of carbonyl (C=O) groups is 3. The Morgan fingerprint density at radius 1 is 0.938 bits per heavy atom. The van der Waals surface area contributed by atoms with Gasteiger partial charge in [0, 0.05) is 13.0 Å². The van der Waals surface area contributed by atoms with E-state index in [2.05, 4.69) is 16.0 Å². The molecule has 0 atom stereocenters. The number of alkyl carbamates (subject to hydrolysis) is 1. The molecule has 172 valence electrons. The molecule has 2 aromatic rings. The Labute approximate surface area is 186 Å². The number of ether oxygens (including phenoxy) is 2. The van der Waals surface area contributed by atoms with Crippen molar-refractivity contribution in [3.63, 3.8) is 0 Å². The molecule has 8 nitrogen and oxygen atoms in total. The van der Waals surface area contributed by atoms with Crippen LogP contribution in [-0.4, -0.2) is 30.2 Å². The summed E-state index contributed by atoms with van der Waals surface area (Å²) in [6, 6.07) is 12.8. The topological polar surface area (TPSA) is 106 Å². The highest BCUT2D eigenvalue weighted by molar-refractivity contribution is 5.97. The standard InChI is InChI=1S/C23H28FN3O5/c1-23(2,3)32-22(30)27-18-12-11-17(24)14-19(18)26-20(28)10-7-13-25-21(29)31-15-16-8-5-4-6-9-16/h4-6,8-9,11-12,14H,7,10,13,15H2,1-3H3,(H,25,29)(H,26,28)(H,27,30). The summed E-state index contributed by atoms with van der Waals surface area (Å²) < 4.78 is 23.9. The van der Waals surface area contributed by atoms with Gasteiger partial charge in [-0.3, -0.25) is 10.1 Å². The van der Waals surface area contributed by atoms with E-state index in [-0.39, 0.29) is 30.9 Å². The number of rotatable bonds is 8. The zero-order chi connectivity index (χ0) is 23.6. The minimum atomic E-state index is -0.724. The van der Waals surface area contributed by atoms with Crippen molar-refractivity contribution in [2.45, 2.75) is 45.8 Å². The molecule has 0 heterocycles. The first-order chi connectivity index (χ1) is 15.1. The molecule has 0 spiro atoms. The lowest BCUT2D eigenvalue weighted by Gasteiger charge is -2.20. The Balaban J connectivity index is 1.77. The quantitative estimate of drug-likeness (QED) is 0.505. The number of amides is 3. The van der Waals surface area contributed by atoms with E-state index in [0.717, 1.165) is 17.7 Å². The van der Waals surface area contributed by atoms with Gasteiger partial charge >= 0.3 is 12.2 Å². The number of hydrogen-bond donors (Lipinski definition) is 3. The minimum absolute atomic E-state index is 0.0708. The fourth-order valence-electron chi connectivity index (χ4n) is 2.57. The maximum Gasteiger partial charge on any atom is 0.412 e. The second kappa shape index (κ2) is 11.7. The molecule has 0 radical (unpaired) electrons. The van der Waals surface area contributed by atoms with Gasteiger partial charge in [0.2, 0.25) is 5.91 Å². The van der Waals surface area contributed by atoms with Gasteiger partial charge in [-0.2, -0.15) is 0 Å². The third-order valence-electron chi connectivity index (χ3n) is 3.95. The second-order valence-corrected chi connectivity index (χ2v) is 7.96. The van der Waals surface area contributed by atoms with Crippen molar-refractivity contribution in [2.75, 3.05) is 17.2 Å². The Morgan fingerprint density at radius 3 is 2.34 bits per heavy atom. The van der Waals surface area contributed by atoms with E-state index in [1.54, 1.807) is 20.8 Å². The van der Waals surface area contributed by atoms with Crippen molar-refractivity contribution >= 4 is 29.5 Å². The van der Waals surface area contributed by atoms with Gasteiger partial charge in [-0.1, -0.05) is 30.3 Å². The van der Waals surface area contributed by atoms with Crippen LogP contribution in [0.15, 0.2) is 48.5 Å². The molecule has 0 aromatic heterocycles. The molecule has 0 saturated heterocycles. The molecule has 32 heavy (non-hydrogen) atoms. The Hall–Kier alpha value is -3.62. The summed E-state index contributed by atoms with van der Waals surface area (Å²) in [5, 5.41) is 7.62. The minimum Gasteiger partial charge on any atom is -0.445 e. The summed E-state index contributed by atoms with van der Waals surface area (Å²) in [7, 11) is 0. The van der Waals surface area contributed by atoms with Gasteiger partial charge in [0.15, 0.2) is 0 Å². The maximum atomic E-state index is 13.6. The SMILES string of the molecule is CC(C)(C)OC(=O)Nc1ccc(F)cc1NC(=O)CCCNC(=O)OCc1ccccc1. The summed E-state index contributed by atoms with van der Waals surface area (Å²) in [6.07, 6.45) is -0.890. The van der Waals surface area contributed by atoms with Crippen molar-refractivity contribution in [3.8, 4) is 0 Å². The van der Waals surface area contributed by atoms with Crippen molar-refractivity contribution in [1.29, 1.82) is 0 Å². The summed E-state index contributed by atoms with van der Waals surface area (Å²) in [5.74, 6) is -0.972. The van der Waals surface area contributed by atoms with Gasteiger partial charge in [0.05, 0.1) is 11.4 Å². The highest BCUT2D eigenvalue weighted by Gasteiger charge is 2.18. The number of halogens is 1. The van der Waals surface area contributed by atoms with Gasteiger partial charge in [0.1, 0.15) is 18.0 Å². The molecule has 3 amide bonds. The highest BCUT2D eigenvalue weighted by atomic mass is 19.1. The first kappa shape index (κ1) is 24.6. The Kier molecular flexibility index (Phi) is 9.00. The summed E-state index contributed by atoms with van der Waals surface area (Å²) in [5.41, 5.74) is 0.476. The molecule has 0 unspecified atom stereocenters. The second-order valence-electron chi connectivity index (χ2n) is 7.96. The van der Waals surface area contributed by atoms with Crippen molar-refractivity contribution in [1.82, 2.24) is 5.32 Å². The molecule has 0 aliphatic heterocycles. The average Bonchev–Trinajstić information content (AvgIpc) is 2.71. The van der Waals surface area contributed by atoms with Gasteiger partial charge in [-0.15, -0.1) is 0 Å². The molecular formula is C23H28FN3O5. The predicted octanol–water partition coefficient (Wildman–Crippen LogP) is 4.82. The molecule has 2 rings (SSSR count). The number of anilines is 2.